The SMILES string of the molecule is C=CCN1CC[N+]2(CC1)CC(C)C(=O)C(C)C2. The van der Waals surface area contributed by atoms with Gasteiger partial charge in [-0.3, -0.25) is 9.69 Å². The van der Waals surface area contributed by atoms with Crippen LogP contribution in [-0.4, -0.2) is 61.0 Å². The van der Waals surface area contributed by atoms with Crippen molar-refractivity contribution in [1.29, 1.82) is 0 Å². The van der Waals surface area contributed by atoms with E-state index in [1.54, 1.807) is 0 Å². The number of ketones is 1. The number of piperazine rings is 1. The van der Waals surface area contributed by atoms with Crippen LogP contribution in [0, 0.1) is 11.8 Å². The molecule has 0 N–H and O–H groups in total. The molecule has 0 aromatic carbocycles. The van der Waals surface area contributed by atoms with Gasteiger partial charge in [0.05, 0.1) is 38.0 Å². The van der Waals surface area contributed by atoms with E-state index in [0.717, 1.165) is 32.7 Å². The molecule has 2 aliphatic rings. The van der Waals surface area contributed by atoms with Crippen LogP contribution < -0.4 is 0 Å². The second-order valence-electron chi connectivity index (χ2n) is 5.95. The molecule has 3 nitrogen and oxygen atoms in total. The number of carbonyl (C=O) groups is 1. The molecule has 0 aliphatic carbocycles. The van der Waals surface area contributed by atoms with Crippen LogP contribution >= 0.6 is 0 Å². The van der Waals surface area contributed by atoms with Gasteiger partial charge in [-0.15, -0.1) is 6.58 Å². The highest BCUT2D eigenvalue weighted by Gasteiger charge is 2.43. The molecule has 2 heterocycles. The van der Waals surface area contributed by atoms with E-state index in [1.807, 2.05) is 6.08 Å². The van der Waals surface area contributed by atoms with Gasteiger partial charge in [-0.05, 0) is 0 Å². The smallest absolute Gasteiger partial charge is 0.149 e. The highest BCUT2D eigenvalue weighted by molar-refractivity contribution is 5.83. The van der Waals surface area contributed by atoms with Crippen LogP contribution in [0.1, 0.15) is 13.8 Å². The Kier molecular flexibility index (Phi) is 3.69. The highest BCUT2D eigenvalue weighted by Crippen LogP contribution is 2.26. The molecule has 0 aromatic heterocycles. The minimum Gasteiger partial charge on any atom is -0.320 e. The number of quaternary nitrogens is 1. The Hall–Kier alpha value is -0.670. The van der Waals surface area contributed by atoms with Gasteiger partial charge in [0.25, 0.3) is 0 Å². The molecule has 0 aromatic rings. The Balaban J connectivity index is 1.98. The number of carbonyl (C=O) groups excluding carboxylic acids is 1. The van der Waals surface area contributed by atoms with Crippen molar-refractivity contribution in [2.45, 2.75) is 13.8 Å². The first-order valence-corrected chi connectivity index (χ1v) is 6.78. The van der Waals surface area contributed by atoms with Gasteiger partial charge >= 0.3 is 0 Å². The second-order valence-corrected chi connectivity index (χ2v) is 5.95. The quantitative estimate of drug-likeness (QED) is 0.530. The third kappa shape index (κ3) is 2.61. The third-order valence-electron chi connectivity index (χ3n) is 4.46. The molecule has 2 aliphatic heterocycles. The molecule has 1 spiro atoms. The number of piperidine rings is 1. The molecule has 2 rings (SSSR count). The molecule has 0 bridgehead atoms. The lowest BCUT2D eigenvalue weighted by Gasteiger charge is -2.49. The van der Waals surface area contributed by atoms with E-state index in [9.17, 15) is 4.79 Å². The maximum Gasteiger partial charge on any atom is 0.149 e. The van der Waals surface area contributed by atoms with E-state index in [1.165, 1.54) is 17.6 Å². The summed E-state index contributed by atoms with van der Waals surface area (Å²) < 4.78 is 1.17. The van der Waals surface area contributed by atoms with Crippen LogP contribution in [0.15, 0.2) is 12.7 Å². The normalized spacial score (nSPS) is 33.9. The van der Waals surface area contributed by atoms with Gasteiger partial charge in [-0.2, -0.15) is 0 Å². The summed E-state index contributed by atoms with van der Waals surface area (Å²) in [5, 5.41) is 0. The number of hydrogen-bond acceptors (Lipinski definition) is 2. The standard InChI is InChI=1S/C14H25N2O/c1-4-5-15-6-8-16(9-7-15)10-12(2)14(17)13(3)11-16/h4,12-13H,1,5-11H2,2-3H3/q+1. The van der Waals surface area contributed by atoms with Crippen LogP contribution in [0.4, 0.5) is 0 Å². The average molecular weight is 237 g/mol. The van der Waals surface area contributed by atoms with Gasteiger partial charge in [-0.1, -0.05) is 19.9 Å². The van der Waals surface area contributed by atoms with Crippen molar-refractivity contribution >= 4 is 5.78 Å². The molecule has 17 heavy (non-hydrogen) atoms. The second kappa shape index (κ2) is 4.91. The van der Waals surface area contributed by atoms with E-state index in [0.29, 0.717) is 5.78 Å². The Morgan fingerprint density at radius 2 is 1.82 bits per heavy atom. The lowest BCUT2D eigenvalue weighted by Crippen LogP contribution is -2.65. The van der Waals surface area contributed by atoms with Crippen molar-refractivity contribution in [2.75, 3.05) is 45.8 Å². The fourth-order valence-electron chi connectivity index (χ4n) is 3.56. The van der Waals surface area contributed by atoms with Gasteiger partial charge in [0, 0.05) is 19.6 Å². The van der Waals surface area contributed by atoms with Crippen molar-refractivity contribution in [3.63, 3.8) is 0 Å². The number of hydrogen-bond donors (Lipinski definition) is 0. The fourth-order valence-corrected chi connectivity index (χ4v) is 3.56. The number of rotatable bonds is 2. The molecule has 2 unspecified atom stereocenters. The summed E-state index contributed by atoms with van der Waals surface area (Å²) in [6.07, 6.45) is 1.99. The molecule has 96 valence electrons. The third-order valence-corrected chi connectivity index (χ3v) is 4.46. The Labute approximate surface area is 105 Å². The Morgan fingerprint density at radius 1 is 1.29 bits per heavy atom. The van der Waals surface area contributed by atoms with Crippen LogP contribution in [0.2, 0.25) is 0 Å². The van der Waals surface area contributed by atoms with Gasteiger partial charge < -0.3 is 4.48 Å². The zero-order valence-electron chi connectivity index (χ0n) is 11.2. The van der Waals surface area contributed by atoms with Crippen molar-refractivity contribution in [1.82, 2.24) is 4.90 Å². The van der Waals surface area contributed by atoms with Crippen LogP contribution in [0.25, 0.3) is 0 Å². The Bertz CT molecular complexity index is 289. The van der Waals surface area contributed by atoms with E-state index in [-0.39, 0.29) is 11.8 Å². The molecule has 0 saturated carbocycles. The first-order chi connectivity index (χ1) is 8.06. The molecule has 2 atom stereocenters. The van der Waals surface area contributed by atoms with E-state index < -0.39 is 0 Å². The predicted octanol–water partition coefficient (Wildman–Crippen LogP) is 1.16. The van der Waals surface area contributed by atoms with E-state index >= 15 is 0 Å². The van der Waals surface area contributed by atoms with Crippen molar-refractivity contribution in [2.24, 2.45) is 11.8 Å². The fraction of sp³-hybridized carbons (Fsp3) is 0.786. The molecule has 0 radical (unpaired) electrons. The number of nitrogens with zero attached hydrogens (tertiary/aromatic N) is 2. The van der Waals surface area contributed by atoms with Crippen LogP contribution in [-0.2, 0) is 4.79 Å². The highest BCUT2D eigenvalue weighted by atomic mass is 16.1. The Morgan fingerprint density at radius 3 is 2.29 bits per heavy atom. The first-order valence-electron chi connectivity index (χ1n) is 6.78. The molecule has 3 heteroatoms. The van der Waals surface area contributed by atoms with Crippen LogP contribution in [0.5, 0.6) is 0 Å². The molecular formula is C14H25N2O+. The summed E-state index contributed by atoms with van der Waals surface area (Å²) in [4.78, 5) is 14.3. The lowest BCUT2D eigenvalue weighted by molar-refractivity contribution is -0.938. The van der Waals surface area contributed by atoms with E-state index in [4.69, 9.17) is 0 Å². The largest absolute Gasteiger partial charge is 0.320 e. The molecular weight excluding hydrogens is 212 g/mol. The summed E-state index contributed by atoms with van der Waals surface area (Å²) in [7, 11) is 0. The van der Waals surface area contributed by atoms with Crippen molar-refractivity contribution < 1.29 is 9.28 Å². The van der Waals surface area contributed by atoms with Gasteiger partial charge in [0.15, 0.2) is 0 Å². The van der Waals surface area contributed by atoms with Crippen molar-refractivity contribution in [3.8, 4) is 0 Å². The first kappa shape index (κ1) is 12.8. The monoisotopic (exact) mass is 237 g/mol. The zero-order valence-corrected chi connectivity index (χ0v) is 11.2. The van der Waals surface area contributed by atoms with Crippen LogP contribution in [0.3, 0.4) is 0 Å². The lowest BCUT2D eigenvalue weighted by atomic mass is 9.87. The van der Waals surface area contributed by atoms with Crippen molar-refractivity contribution in [3.05, 3.63) is 12.7 Å². The van der Waals surface area contributed by atoms with Gasteiger partial charge in [-0.25, -0.2) is 0 Å². The molecule has 2 fully saturated rings. The topological polar surface area (TPSA) is 20.3 Å². The predicted molar refractivity (Wildman–Crippen MR) is 69.7 cm³/mol. The maximum absolute atomic E-state index is 11.9. The van der Waals surface area contributed by atoms with Gasteiger partial charge in [0.1, 0.15) is 5.78 Å². The minimum atomic E-state index is 0.254. The zero-order chi connectivity index (χ0) is 12.5. The summed E-state index contributed by atoms with van der Waals surface area (Å²) in [6.45, 7) is 15.9. The summed E-state index contributed by atoms with van der Waals surface area (Å²) >= 11 is 0. The van der Waals surface area contributed by atoms with Gasteiger partial charge in [0.2, 0.25) is 0 Å². The molecule has 0 amide bonds. The van der Waals surface area contributed by atoms with E-state index in [2.05, 4.69) is 25.3 Å². The molecule has 2 saturated heterocycles. The summed E-state index contributed by atoms with van der Waals surface area (Å²) in [5.41, 5.74) is 0. The summed E-state index contributed by atoms with van der Waals surface area (Å²) in [5.74, 6) is 0.983. The number of Topliss-reactive ketones (excluding diaryl/α,β-unsaturated/α-hetero) is 1. The minimum absolute atomic E-state index is 0.254. The summed E-state index contributed by atoms with van der Waals surface area (Å²) in [6, 6.07) is 0. The maximum atomic E-state index is 11.9. The average Bonchev–Trinajstić information content (AvgIpc) is 2.30.